The second-order valence-electron chi connectivity index (χ2n) is 3.47. The summed E-state index contributed by atoms with van der Waals surface area (Å²) in [5.74, 6) is -2.33. The van der Waals surface area contributed by atoms with E-state index in [1.54, 1.807) is 6.08 Å². The largest absolute Gasteiger partial charge is 0.322 e. The molecule has 18 heavy (non-hydrogen) atoms. The first-order valence-corrected chi connectivity index (χ1v) is 6.01. The highest BCUT2D eigenvalue weighted by Crippen LogP contribution is 2.14. The first-order chi connectivity index (χ1) is 8.65. The SMILES string of the molecule is O=C(/C=C/c1cccs1)Nc1ccc(F)c(F)c1. The Labute approximate surface area is 107 Å². The third-order valence-corrected chi connectivity index (χ3v) is 2.97. The van der Waals surface area contributed by atoms with E-state index < -0.39 is 17.5 Å². The highest BCUT2D eigenvalue weighted by Gasteiger charge is 2.04. The minimum Gasteiger partial charge on any atom is -0.322 e. The van der Waals surface area contributed by atoms with Crippen LogP contribution in [0.3, 0.4) is 0 Å². The fourth-order valence-electron chi connectivity index (χ4n) is 1.30. The summed E-state index contributed by atoms with van der Waals surface area (Å²) in [7, 11) is 0. The summed E-state index contributed by atoms with van der Waals surface area (Å²) >= 11 is 1.50. The number of carbonyl (C=O) groups excluding carboxylic acids is 1. The zero-order valence-corrected chi connectivity index (χ0v) is 10.0. The summed E-state index contributed by atoms with van der Waals surface area (Å²) in [6.07, 6.45) is 2.99. The number of amides is 1. The van der Waals surface area contributed by atoms with Gasteiger partial charge in [0.05, 0.1) is 0 Å². The Morgan fingerprint density at radius 1 is 1.22 bits per heavy atom. The van der Waals surface area contributed by atoms with Crippen molar-refractivity contribution in [3.05, 3.63) is 58.3 Å². The van der Waals surface area contributed by atoms with E-state index in [2.05, 4.69) is 5.32 Å². The van der Waals surface area contributed by atoms with E-state index in [-0.39, 0.29) is 5.69 Å². The van der Waals surface area contributed by atoms with E-state index in [9.17, 15) is 13.6 Å². The molecule has 0 fully saturated rings. The Morgan fingerprint density at radius 2 is 2.06 bits per heavy atom. The van der Waals surface area contributed by atoms with Crippen molar-refractivity contribution >= 4 is 29.0 Å². The van der Waals surface area contributed by atoms with Crippen molar-refractivity contribution < 1.29 is 13.6 Å². The molecule has 1 aromatic heterocycles. The Bertz CT molecular complexity index is 579. The van der Waals surface area contributed by atoms with Gasteiger partial charge in [0.15, 0.2) is 11.6 Å². The second kappa shape index (κ2) is 5.55. The minimum absolute atomic E-state index is 0.217. The summed E-state index contributed by atoms with van der Waals surface area (Å²) in [5.41, 5.74) is 0.217. The number of anilines is 1. The molecule has 0 unspecified atom stereocenters. The molecular weight excluding hydrogens is 256 g/mol. The van der Waals surface area contributed by atoms with Crippen molar-refractivity contribution in [3.8, 4) is 0 Å². The lowest BCUT2D eigenvalue weighted by Crippen LogP contribution is -2.08. The fraction of sp³-hybridized carbons (Fsp3) is 0. The lowest BCUT2D eigenvalue weighted by atomic mass is 10.3. The highest BCUT2D eigenvalue weighted by molar-refractivity contribution is 7.10. The number of hydrogen-bond donors (Lipinski definition) is 1. The van der Waals surface area contributed by atoms with E-state index in [1.807, 2.05) is 17.5 Å². The molecule has 0 saturated carbocycles. The molecule has 2 aromatic rings. The van der Waals surface area contributed by atoms with E-state index in [0.29, 0.717) is 0 Å². The first kappa shape index (κ1) is 12.4. The molecule has 0 radical (unpaired) electrons. The molecule has 5 heteroatoms. The molecule has 1 aromatic carbocycles. The van der Waals surface area contributed by atoms with Crippen LogP contribution in [0.4, 0.5) is 14.5 Å². The standard InChI is InChI=1S/C13H9F2NOS/c14-11-5-3-9(8-12(11)15)16-13(17)6-4-10-2-1-7-18-10/h1-8H,(H,16,17)/b6-4+. The average molecular weight is 265 g/mol. The number of rotatable bonds is 3. The number of carbonyl (C=O) groups is 1. The molecule has 0 aliphatic rings. The molecule has 1 amide bonds. The van der Waals surface area contributed by atoms with Crippen molar-refractivity contribution in [3.63, 3.8) is 0 Å². The van der Waals surface area contributed by atoms with Crippen LogP contribution in [0, 0.1) is 11.6 Å². The highest BCUT2D eigenvalue weighted by atomic mass is 32.1. The summed E-state index contributed by atoms with van der Waals surface area (Å²) in [5, 5.41) is 4.34. The van der Waals surface area contributed by atoms with Crippen LogP contribution in [0.2, 0.25) is 0 Å². The molecule has 0 atom stereocenters. The molecular formula is C13H9F2NOS. The van der Waals surface area contributed by atoms with Gasteiger partial charge in [-0.05, 0) is 29.7 Å². The Kier molecular flexibility index (Phi) is 3.84. The number of benzene rings is 1. The van der Waals surface area contributed by atoms with Crippen LogP contribution < -0.4 is 5.32 Å². The molecule has 0 aliphatic heterocycles. The number of thiophene rings is 1. The number of nitrogens with one attached hydrogen (secondary N) is 1. The maximum atomic E-state index is 12.9. The predicted octanol–water partition coefficient (Wildman–Crippen LogP) is 3.68. The molecule has 0 spiro atoms. The van der Waals surface area contributed by atoms with Crippen molar-refractivity contribution in [1.82, 2.24) is 0 Å². The minimum atomic E-state index is -0.991. The van der Waals surface area contributed by atoms with Gasteiger partial charge in [-0.2, -0.15) is 0 Å². The maximum absolute atomic E-state index is 12.9. The molecule has 0 bridgehead atoms. The zero-order valence-electron chi connectivity index (χ0n) is 9.19. The van der Waals surface area contributed by atoms with Crippen LogP contribution in [0.1, 0.15) is 4.88 Å². The van der Waals surface area contributed by atoms with Crippen LogP contribution in [-0.4, -0.2) is 5.91 Å². The van der Waals surface area contributed by atoms with Crippen molar-refractivity contribution in [2.24, 2.45) is 0 Å². The summed E-state index contributed by atoms with van der Waals surface area (Å²) in [4.78, 5) is 12.4. The Balaban J connectivity index is 2.01. The fourth-order valence-corrected chi connectivity index (χ4v) is 1.92. The van der Waals surface area contributed by atoms with Gasteiger partial charge in [0.1, 0.15) is 0 Å². The van der Waals surface area contributed by atoms with E-state index in [1.165, 1.54) is 23.5 Å². The Hall–Kier alpha value is -2.01. The molecule has 1 N–H and O–H groups in total. The average Bonchev–Trinajstić information content (AvgIpc) is 2.84. The van der Waals surface area contributed by atoms with Gasteiger partial charge in [0.25, 0.3) is 0 Å². The van der Waals surface area contributed by atoms with E-state index in [0.717, 1.165) is 17.0 Å². The maximum Gasteiger partial charge on any atom is 0.248 e. The molecule has 2 rings (SSSR count). The lowest BCUT2D eigenvalue weighted by molar-refractivity contribution is -0.111. The van der Waals surface area contributed by atoms with Gasteiger partial charge in [-0.1, -0.05) is 6.07 Å². The van der Waals surface area contributed by atoms with Crippen molar-refractivity contribution in [2.45, 2.75) is 0 Å². The smallest absolute Gasteiger partial charge is 0.248 e. The summed E-state index contributed by atoms with van der Waals surface area (Å²) < 4.78 is 25.6. The molecule has 0 aliphatic carbocycles. The summed E-state index contributed by atoms with van der Waals surface area (Å²) in [6, 6.07) is 6.94. The molecule has 2 nitrogen and oxygen atoms in total. The van der Waals surface area contributed by atoms with Gasteiger partial charge in [0.2, 0.25) is 5.91 Å². The third-order valence-electron chi connectivity index (χ3n) is 2.13. The Morgan fingerprint density at radius 3 is 2.72 bits per heavy atom. The normalized spacial score (nSPS) is 10.8. The van der Waals surface area contributed by atoms with Gasteiger partial charge < -0.3 is 5.32 Å². The number of hydrogen-bond acceptors (Lipinski definition) is 2. The quantitative estimate of drug-likeness (QED) is 0.843. The third kappa shape index (κ3) is 3.24. The predicted molar refractivity (Wildman–Crippen MR) is 68.3 cm³/mol. The first-order valence-electron chi connectivity index (χ1n) is 5.13. The van der Waals surface area contributed by atoms with Gasteiger partial charge in [-0.15, -0.1) is 11.3 Å². The van der Waals surface area contributed by atoms with Crippen molar-refractivity contribution in [2.75, 3.05) is 5.32 Å². The van der Waals surface area contributed by atoms with Crippen molar-refractivity contribution in [1.29, 1.82) is 0 Å². The van der Waals surface area contributed by atoms with Crippen LogP contribution in [-0.2, 0) is 4.79 Å². The second-order valence-corrected chi connectivity index (χ2v) is 4.45. The zero-order chi connectivity index (χ0) is 13.0. The van der Waals surface area contributed by atoms with Crippen LogP contribution in [0.5, 0.6) is 0 Å². The monoisotopic (exact) mass is 265 g/mol. The van der Waals surface area contributed by atoms with Gasteiger partial charge in [-0.3, -0.25) is 4.79 Å². The van der Waals surface area contributed by atoms with E-state index >= 15 is 0 Å². The van der Waals surface area contributed by atoms with Crippen LogP contribution >= 0.6 is 11.3 Å². The van der Waals surface area contributed by atoms with Gasteiger partial charge in [0, 0.05) is 22.7 Å². The summed E-state index contributed by atoms with van der Waals surface area (Å²) in [6.45, 7) is 0. The molecule has 0 saturated heterocycles. The van der Waals surface area contributed by atoms with Crippen LogP contribution in [0.15, 0.2) is 41.8 Å². The van der Waals surface area contributed by atoms with Gasteiger partial charge >= 0.3 is 0 Å². The molecule has 1 heterocycles. The molecule has 92 valence electrons. The number of halogens is 2. The lowest BCUT2D eigenvalue weighted by Gasteiger charge is -2.02. The van der Waals surface area contributed by atoms with Crippen LogP contribution in [0.25, 0.3) is 6.08 Å². The van der Waals surface area contributed by atoms with E-state index in [4.69, 9.17) is 0 Å². The van der Waals surface area contributed by atoms with Gasteiger partial charge in [-0.25, -0.2) is 8.78 Å². The topological polar surface area (TPSA) is 29.1 Å².